The zero-order valence-electron chi connectivity index (χ0n) is 15.4. The molecule has 6 nitrogen and oxygen atoms in total. The van der Waals surface area contributed by atoms with Crippen LogP contribution in [0.25, 0.3) is 6.08 Å². The van der Waals surface area contributed by atoms with E-state index in [0.29, 0.717) is 29.2 Å². The first kappa shape index (κ1) is 20.3. The molecule has 28 heavy (non-hydrogen) atoms. The normalized spacial score (nSPS) is 15.8. The van der Waals surface area contributed by atoms with Crippen LogP contribution in [0.5, 0.6) is 0 Å². The van der Waals surface area contributed by atoms with E-state index in [1.807, 2.05) is 0 Å². The summed E-state index contributed by atoms with van der Waals surface area (Å²) in [4.78, 5) is 16.5. The molecular weight excluding hydrogens is 400 g/mol. The number of aliphatic imine (C=N–C) groups is 1. The quantitative estimate of drug-likeness (QED) is 0.529. The molecular formula is C20H19ClN2O4S. The standard InChI is InChI=1S/C20H19ClN2O4S/c1-3-23(4-2)28(25,26)17-10-6-8-15(13-17)19-22-18(20(24)27-19)12-14-7-5-9-16(21)11-14/h5-13H,3-4H2,1-2H3/b18-12-. The third kappa shape index (κ3) is 4.16. The van der Waals surface area contributed by atoms with Crippen molar-refractivity contribution in [2.45, 2.75) is 18.7 Å². The lowest BCUT2D eigenvalue weighted by Crippen LogP contribution is -2.30. The van der Waals surface area contributed by atoms with Gasteiger partial charge in [-0.15, -0.1) is 0 Å². The Morgan fingerprint density at radius 1 is 1.11 bits per heavy atom. The van der Waals surface area contributed by atoms with Crippen LogP contribution in [0.15, 0.2) is 64.1 Å². The molecule has 1 heterocycles. The molecule has 0 N–H and O–H groups in total. The summed E-state index contributed by atoms with van der Waals surface area (Å²) in [5, 5.41) is 0.541. The summed E-state index contributed by atoms with van der Waals surface area (Å²) >= 11 is 5.96. The predicted molar refractivity (Wildman–Crippen MR) is 109 cm³/mol. The SMILES string of the molecule is CCN(CC)S(=O)(=O)c1cccc(C2=N/C(=C\c3cccc(Cl)c3)C(=O)O2)c1. The maximum Gasteiger partial charge on any atom is 0.363 e. The van der Waals surface area contributed by atoms with Gasteiger partial charge in [-0.1, -0.05) is 43.6 Å². The van der Waals surface area contributed by atoms with Crippen LogP contribution in [0.4, 0.5) is 0 Å². The lowest BCUT2D eigenvalue weighted by atomic mass is 10.2. The summed E-state index contributed by atoms with van der Waals surface area (Å²) in [6.45, 7) is 4.29. The van der Waals surface area contributed by atoms with Gasteiger partial charge in [0.25, 0.3) is 0 Å². The number of hydrogen-bond acceptors (Lipinski definition) is 5. The largest absolute Gasteiger partial charge is 0.402 e. The molecule has 0 saturated heterocycles. The van der Waals surface area contributed by atoms with Crippen molar-refractivity contribution in [3.05, 3.63) is 70.4 Å². The van der Waals surface area contributed by atoms with Crippen molar-refractivity contribution >= 4 is 39.6 Å². The molecule has 2 aromatic rings. The van der Waals surface area contributed by atoms with E-state index in [2.05, 4.69) is 4.99 Å². The summed E-state index contributed by atoms with van der Waals surface area (Å²) in [6, 6.07) is 13.2. The van der Waals surface area contributed by atoms with Crippen LogP contribution >= 0.6 is 11.6 Å². The Hall–Kier alpha value is -2.48. The van der Waals surface area contributed by atoms with Crippen LogP contribution in [-0.4, -0.2) is 37.7 Å². The fraction of sp³-hybridized carbons (Fsp3) is 0.200. The molecule has 2 aromatic carbocycles. The van der Waals surface area contributed by atoms with Crippen molar-refractivity contribution in [1.82, 2.24) is 4.31 Å². The van der Waals surface area contributed by atoms with Gasteiger partial charge >= 0.3 is 5.97 Å². The van der Waals surface area contributed by atoms with Gasteiger partial charge in [-0.05, 0) is 42.0 Å². The van der Waals surface area contributed by atoms with Gasteiger partial charge in [0, 0.05) is 23.7 Å². The summed E-state index contributed by atoms with van der Waals surface area (Å²) in [5.41, 5.74) is 1.24. The monoisotopic (exact) mass is 418 g/mol. The van der Waals surface area contributed by atoms with Crippen molar-refractivity contribution in [3.63, 3.8) is 0 Å². The molecule has 0 aliphatic carbocycles. The first-order chi connectivity index (χ1) is 13.3. The van der Waals surface area contributed by atoms with E-state index < -0.39 is 16.0 Å². The number of carbonyl (C=O) groups excluding carboxylic acids is 1. The number of esters is 1. The molecule has 1 aliphatic rings. The molecule has 146 valence electrons. The predicted octanol–water partition coefficient (Wildman–Crippen LogP) is 3.72. The van der Waals surface area contributed by atoms with Crippen LogP contribution in [0.3, 0.4) is 0 Å². The van der Waals surface area contributed by atoms with Gasteiger partial charge in [-0.25, -0.2) is 18.2 Å². The third-order valence-electron chi connectivity index (χ3n) is 4.20. The van der Waals surface area contributed by atoms with E-state index in [0.717, 1.165) is 0 Å². The van der Waals surface area contributed by atoms with Gasteiger partial charge in [0.15, 0.2) is 5.70 Å². The molecule has 0 fully saturated rings. The molecule has 0 spiro atoms. The number of halogens is 1. The summed E-state index contributed by atoms with van der Waals surface area (Å²) in [7, 11) is -3.63. The lowest BCUT2D eigenvalue weighted by Gasteiger charge is -2.18. The molecule has 8 heteroatoms. The minimum atomic E-state index is -3.63. The summed E-state index contributed by atoms with van der Waals surface area (Å²) in [6.07, 6.45) is 1.57. The number of sulfonamides is 1. The molecule has 0 radical (unpaired) electrons. The first-order valence-electron chi connectivity index (χ1n) is 8.74. The Balaban J connectivity index is 1.95. The van der Waals surface area contributed by atoms with E-state index in [-0.39, 0.29) is 16.5 Å². The van der Waals surface area contributed by atoms with E-state index in [1.54, 1.807) is 56.3 Å². The molecule has 0 aromatic heterocycles. The van der Waals surface area contributed by atoms with Crippen LogP contribution in [0.1, 0.15) is 25.0 Å². The molecule has 0 atom stereocenters. The van der Waals surface area contributed by atoms with Crippen LogP contribution in [0.2, 0.25) is 5.02 Å². The highest BCUT2D eigenvalue weighted by molar-refractivity contribution is 7.89. The lowest BCUT2D eigenvalue weighted by molar-refractivity contribution is -0.129. The number of rotatable bonds is 6. The minimum absolute atomic E-state index is 0.0647. The van der Waals surface area contributed by atoms with E-state index in [9.17, 15) is 13.2 Å². The fourth-order valence-electron chi connectivity index (χ4n) is 2.79. The fourth-order valence-corrected chi connectivity index (χ4v) is 4.49. The number of nitrogens with zero attached hydrogens (tertiary/aromatic N) is 2. The molecule has 3 rings (SSSR count). The van der Waals surface area contributed by atoms with Gasteiger partial charge in [0.05, 0.1) is 4.90 Å². The first-order valence-corrected chi connectivity index (χ1v) is 10.6. The van der Waals surface area contributed by atoms with Gasteiger partial charge in [0.1, 0.15) is 0 Å². The average molecular weight is 419 g/mol. The Bertz CT molecular complexity index is 1070. The molecule has 1 aliphatic heterocycles. The second-order valence-electron chi connectivity index (χ2n) is 6.01. The number of benzene rings is 2. The average Bonchev–Trinajstić information content (AvgIpc) is 3.03. The van der Waals surface area contributed by atoms with Crippen LogP contribution in [0, 0.1) is 0 Å². The highest BCUT2D eigenvalue weighted by atomic mass is 35.5. The van der Waals surface area contributed by atoms with Crippen molar-refractivity contribution in [1.29, 1.82) is 0 Å². The molecule has 0 unspecified atom stereocenters. The van der Waals surface area contributed by atoms with Crippen molar-refractivity contribution in [2.75, 3.05) is 13.1 Å². The van der Waals surface area contributed by atoms with Crippen molar-refractivity contribution in [3.8, 4) is 0 Å². The second kappa shape index (κ2) is 8.26. The zero-order chi connectivity index (χ0) is 20.3. The summed E-state index contributed by atoms with van der Waals surface area (Å²) < 4.78 is 32.0. The number of ether oxygens (including phenoxy) is 1. The highest BCUT2D eigenvalue weighted by Gasteiger charge is 2.27. The van der Waals surface area contributed by atoms with Crippen LogP contribution in [-0.2, 0) is 19.6 Å². The van der Waals surface area contributed by atoms with E-state index in [4.69, 9.17) is 16.3 Å². The van der Waals surface area contributed by atoms with Gasteiger partial charge < -0.3 is 4.74 Å². The molecule has 0 saturated carbocycles. The Morgan fingerprint density at radius 2 is 1.82 bits per heavy atom. The van der Waals surface area contributed by atoms with E-state index >= 15 is 0 Å². The maximum absolute atomic E-state index is 12.7. The molecule has 0 amide bonds. The third-order valence-corrected chi connectivity index (χ3v) is 6.48. The van der Waals surface area contributed by atoms with E-state index in [1.165, 1.54) is 16.4 Å². The number of cyclic esters (lactones) is 1. The second-order valence-corrected chi connectivity index (χ2v) is 8.38. The zero-order valence-corrected chi connectivity index (χ0v) is 17.0. The van der Waals surface area contributed by atoms with Gasteiger partial charge in [-0.2, -0.15) is 4.31 Å². The van der Waals surface area contributed by atoms with Crippen LogP contribution < -0.4 is 0 Å². The Labute approximate surface area is 169 Å². The highest BCUT2D eigenvalue weighted by Crippen LogP contribution is 2.23. The maximum atomic E-state index is 12.7. The van der Waals surface area contributed by atoms with Gasteiger partial charge in [-0.3, -0.25) is 0 Å². The minimum Gasteiger partial charge on any atom is -0.402 e. The van der Waals surface area contributed by atoms with Crippen molar-refractivity contribution < 1.29 is 17.9 Å². The molecule has 0 bridgehead atoms. The smallest absolute Gasteiger partial charge is 0.363 e. The van der Waals surface area contributed by atoms with Gasteiger partial charge in [0.2, 0.25) is 15.9 Å². The van der Waals surface area contributed by atoms with Crippen molar-refractivity contribution in [2.24, 2.45) is 4.99 Å². The summed E-state index contributed by atoms with van der Waals surface area (Å²) in [5.74, 6) is -0.540. The topological polar surface area (TPSA) is 76.0 Å². The Morgan fingerprint density at radius 3 is 2.50 bits per heavy atom. The number of hydrogen-bond donors (Lipinski definition) is 0. The Kier molecular flexibility index (Phi) is 5.98. The number of carbonyl (C=O) groups is 1.